The summed E-state index contributed by atoms with van der Waals surface area (Å²) in [5, 5.41) is 9.60. The molecule has 0 saturated carbocycles. The number of piperidine rings is 1. The van der Waals surface area contributed by atoms with Crippen molar-refractivity contribution in [1.29, 1.82) is 0 Å². The van der Waals surface area contributed by atoms with Crippen molar-refractivity contribution < 1.29 is 5.11 Å². The Morgan fingerprint density at radius 1 is 1.15 bits per heavy atom. The van der Waals surface area contributed by atoms with E-state index in [4.69, 9.17) is 12.2 Å². The number of para-hydroxylation sites is 2. The number of aliphatic hydroxyl groups excluding tert-OH is 1. The van der Waals surface area contributed by atoms with E-state index in [9.17, 15) is 5.11 Å². The fourth-order valence-electron chi connectivity index (χ4n) is 2.98. The first-order chi connectivity index (χ1) is 9.70. The van der Waals surface area contributed by atoms with Crippen molar-refractivity contribution in [3.05, 3.63) is 29.0 Å². The van der Waals surface area contributed by atoms with Gasteiger partial charge < -0.3 is 14.2 Å². The van der Waals surface area contributed by atoms with Crippen molar-refractivity contribution in [2.75, 3.05) is 13.1 Å². The summed E-state index contributed by atoms with van der Waals surface area (Å²) < 4.78 is 5.29. The minimum Gasteiger partial charge on any atom is -0.393 e. The number of aliphatic hydroxyl groups is 1. The summed E-state index contributed by atoms with van der Waals surface area (Å²) in [6, 6.07) is 8.39. The molecule has 3 rings (SSSR count). The maximum Gasteiger partial charge on any atom is 0.181 e. The largest absolute Gasteiger partial charge is 0.393 e. The van der Waals surface area contributed by atoms with Gasteiger partial charge in [0.25, 0.3) is 0 Å². The molecule has 0 amide bonds. The van der Waals surface area contributed by atoms with Gasteiger partial charge in [0, 0.05) is 19.6 Å². The van der Waals surface area contributed by atoms with Crippen molar-refractivity contribution in [3.63, 3.8) is 0 Å². The monoisotopic (exact) mass is 291 g/mol. The quantitative estimate of drug-likeness (QED) is 0.883. The van der Waals surface area contributed by atoms with Crippen LogP contribution in [0, 0.1) is 4.77 Å². The molecular formula is C15H21N3OS. The lowest BCUT2D eigenvalue weighted by molar-refractivity contribution is 0.0683. The maximum atomic E-state index is 9.60. The Labute approximate surface area is 124 Å². The third-order valence-corrected chi connectivity index (χ3v) is 4.58. The molecular weight excluding hydrogens is 270 g/mol. The topological polar surface area (TPSA) is 33.3 Å². The Balaban J connectivity index is 1.95. The minimum absolute atomic E-state index is 0.129. The third-order valence-electron chi connectivity index (χ3n) is 4.14. The van der Waals surface area contributed by atoms with Crippen molar-refractivity contribution in [1.82, 2.24) is 14.0 Å². The van der Waals surface area contributed by atoms with E-state index in [2.05, 4.69) is 45.2 Å². The molecule has 1 aliphatic rings. The molecule has 0 bridgehead atoms. The molecule has 1 saturated heterocycles. The van der Waals surface area contributed by atoms with E-state index in [1.54, 1.807) is 0 Å². The molecule has 0 unspecified atom stereocenters. The van der Waals surface area contributed by atoms with Crippen LogP contribution in [0.3, 0.4) is 0 Å². The van der Waals surface area contributed by atoms with E-state index in [0.717, 1.165) is 43.9 Å². The van der Waals surface area contributed by atoms with E-state index in [1.807, 2.05) is 0 Å². The summed E-state index contributed by atoms with van der Waals surface area (Å²) in [6.45, 7) is 5.72. The van der Waals surface area contributed by atoms with Crippen LogP contribution in [0.2, 0.25) is 0 Å². The second-order valence-electron chi connectivity index (χ2n) is 5.43. The maximum absolute atomic E-state index is 9.60. The molecule has 1 aromatic heterocycles. The lowest BCUT2D eigenvalue weighted by Crippen LogP contribution is -2.37. The van der Waals surface area contributed by atoms with Crippen LogP contribution in [-0.2, 0) is 13.2 Å². The standard InChI is InChI=1S/C15H21N3OS/c1-2-17-13-5-3-4-6-14(13)18(15(17)20)11-16-9-7-12(19)8-10-16/h3-6,12,19H,2,7-11H2,1H3. The predicted octanol–water partition coefficient (Wildman–Crippen LogP) is 2.61. The molecule has 1 fully saturated rings. The lowest BCUT2D eigenvalue weighted by Gasteiger charge is -2.29. The van der Waals surface area contributed by atoms with E-state index in [-0.39, 0.29) is 6.10 Å². The van der Waals surface area contributed by atoms with Gasteiger partial charge in [0.1, 0.15) is 0 Å². The summed E-state index contributed by atoms with van der Waals surface area (Å²) in [6.07, 6.45) is 1.59. The van der Waals surface area contributed by atoms with Gasteiger partial charge in [0.15, 0.2) is 4.77 Å². The van der Waals surface area contributed by atoms with E-state index in [1.165, 1.54) is 11.0 Å². The molecule has 0 radical (unpaired) electrons. The lowest BCUT2D eigenvalue weighted by atomic mass is 10.1. The smallest absolute Gasteiger partial charge is 0.181 e. The van der Waals surface area contributed by atoms with Crippen LogP contribution in [0.15, 0.2) is 24.3 Å². The van der Waals surface area contributed by atoms with Gasteiger partial charge in [0.2, 0.25) is 0 Å². The number of likely N-dealkylation sites (tertiary alicyclic amines) is 1. The zero-order valence-corrected chi connectivity index (χ0v) is 12.6. The van der Waals surface area contributed by atoms with E-state index >= 15 is 0 Å². The number of aryl methyl sites for hydroxylation is 1. The third kappa shape index (κ3) is 2.41. The van der Waals surface area contributed by atoms with Gasteiger partial charge in [-0.25, -0.2) is 0 Å². The highest BCUT2D eigenvalue weighted by molar-refractivity contribution is 7.71. The molecule has 1 N–H and O–H groups in total. The summed E-state index contributed by atoms with van der Waals surface area (Å²) >= 11 is 5.63. The molecule has 20 heavy (non-hydrogen) atoms. The van der Waals surface area contributed by atoms with Gasteiger partial charge in [-0.1, -0.05) is 12.1 Å². The van der Waals surface area contributed by atoms with Gasteiger partial charge in [-0.05, 0) is 44.1 Å². The highest BCUT2D eigenvalue weighted by Gasteiger charge is 2.18. The molecule has 5 heteroatoms. The van der Waals surface area contributed by atoms with Crippen LogP contribution < -0.4 is 0 Å². The first-order valence-corrected chi connectivity index (χ1v) is 7.70. The number of nitrogens with zero attached hydrogens (tertiary/aromatic N) is 3. The highest BCUT2D eigenvalue weighted by atomic mass is 32.1. The molecule has 2 aromatic rings. The van der Waals surface area contributed by atoms with Crippen LogP contribution in [0.1, 0.15) is 19.8 Å². The van der Waals surface area contributed by atoms with Gasteiger partial charge in [0.05, 0.1) is 23.8 Å². The number of aromatic nitrogens is 2. The molecule has 0 spiro atoms. The number of rotatable bonds is 3. The molecule has 1 aromatic carbocycles. The Morgan fingerprint density at radius 3 is 2.35 bits per heavy atom. The molecule has 4 nitrogen and oxygen atoms in total. The van der Waals surface area contributed by atoms with E-state index < -0.39 is 0 Å². The minimum atomic E-state index is -0.129. The summed E-state index contributed by atoms with van der Waals surface area (Å²) in [4.78, 5) is 2.37. The average Bonchev–Trinajstić information content (AvgIpc) is 2.74. The van der Waals surface area contributed by atoms with Crippen LogP contribution in [0.4, 0.5) is 0 Å². The average molecular weight is 291 g/mol. The summed E-state index contributed by atoms with van der Waals surface area (Å²) in [7, 11) is 0. The molecule has 0 aliphatic carbocycles. The van der Waals surface area contributed by atoms with Gasteiger partial charge in [-0.2, -0.15) is 0 Å². The Kier molecular flexibility index (Phi) is 3.92. The highest BCUT2D eigenvalue weighted by Crippen LogP contribution is 2.20. The van der Waals surface area contributed by atoms with Crippen LogP contribution in [-0.4, -0.2) is 38.3 Å². The van der Waals surface area contributed by atoms with Crippen molar-refractivity contribution in [3.8, 4) is 0 Å². The second-order valence-corrected chi connectivity index (χ2v) is 5.80. The summed E-state index contributed by atoms with van der Waals surface area (Å²) in [5.41, 5.74) is 2.41. The number of fused-ring (bicyclic) bond motifs is 1. The predicted molar refractivity (Wildman–Crippen MR) is 83.2 cm³/mol. The van der Waals surface area contributed by atoms with Crippen LogP contribution in [0.5, 0.6) is 0 Å². The zero-order valence-electron chi connectivity index (χ0n) is 11.8. The Morgan fingerprint density at radius 2 is 1.75 bits per heavy atom. The Hall–Kier alpha value is -1.17. The molecule has 2 heterocycles. The van der Waals surface area contributed by atoms with Crippen molar-refractivity contribution in [2.45, 2.75) is 39.1 Å². The SMILES string of the molecule is CCn1c(=S)n(CN2CCC(O)CC2)c2ccccc21. The van der Waals surface area contributed by atoms with Crippen LogP contribution >= 0.6 is 12.2 Å². The van der Waals surface area contributed by atoms with Gasteiger partial charge in [-0.15, -0.1) is 0 Å². The van der Waals surface area contributed by atoms with E-state index in [0.29, 0.717) is 0 Å². The number of hydrogen-bond donors (Lipinski definition) is 1. The fourth-order valence-corrected chi connectivity index (χ4v) is 3.36. The van der Waals surface area contributed by atoms with Crippen LogP contribution in [0.25, 0.3) is 11.0 Å². The number of imidazole rings is 1. The Bertz CT molecular complexity index is 653. The second kappa shape index (κ2) is 5.68. The van der Waals surface area contributed by atoms with Crippen molar-refractivity contribution >= 4 is 23.3 Å². The number of hydrogen-bond acceptors (Lipinski definition) is 3. The number of benzene rings is 1. The van der Waals surface area contributed by atoms with Crippen molar-refractivity contribution in [2.24, 2.45) is 0 Å². The first kappa shape index (κ1) is 13.8. The fraction of sp³-hybridized carbons (Fsp3) is 0.533. The molecule has 108 valence electrons. The summed E-state index contributed by atoms with van der Waals surface area (Å²) in [5.74, 6) is 0. The first-order valence-electron chi connectivity index (χ1n) is 7.29. The zero-order chi connectivity index (χ0) is 14.1. The molecule has 1 aliphatic heterocycles. The normalized spacial score (nSPS) is 17.9. The van der Waals surface area contributed by atoms with Gasteiger partial charge in [-0.3, -0.25) is 4.90 Å². The molecule has 0 atom stereocenters. The van der Waals surface area contributed by atoms with Gasteiger partial charge >= 0.3 is 0 Å².